The lowest BCUT2D eigenvalue weighted by atomic mass is 9.78. The van der Waals surface area contributed by atoms with Gasteiger partial charge in [-0.05, 0) is 156 Å². The van der Waals surface area contributed by atoms with E-state index in [9.17, 15) is 68.4 Å². The summed E-state index contributed by atoms with van der Waals surface area (Å²) in [6, 6.07) is 18.5. The molecule has 0 aliphatic carbocycles. The van der Waals surface area contributed by atoms with Gasteiger partial charge in [0.2, 0.25) is 35.5 Å². The number of carbonyl (C=O) groups is 9. The fourth-order valence-corrected chi connectivity index (χ4v) is 22.3. The Bertz CT molecular complexity index is 4960. The number of carboxylic acid groups (broad SMARTS) is 2. The van der Waals surface area contributed by atoms with Gasteiger partial charge in [-0.25, -0.2) is 19.6 Å². The van der Waals surface area contributed by atoms with Gasteiger partial charge in [0, 0.05) is 128 Å². The summed E-state index contributed by atoms with van der Waals surface area (Å²) in [6.07, 6.45) is 11.3. The van der Waals surface area contributed by atoms with Crippen LogP contribution in [0.15, 0.2) is 83.8 Å². The standard InChI is InChI=1S/C53H59N11O11S3.C42H73NO10S/c1-76-31-41(52(74)75)61-49(70)35(27-39(65)18-19-40(51(72)73)60-48(69)34-14-16-37(17-15-34)57-28-38-29-58-47-46(59-38)50(71)63-53(54)62-47)10-6-23-55-44(67)22-25-77-78-26-24-56-43(66)20-21-45(68)64-30-36-9-3-2-7-32(36)12-13-33-8-4-5-11-42(33)64;1-23-12-13-30(48-35(23)28(6)38(45)43-22-54-11)18-31-19-32(47-10)29(7)42(50-31)27(5)20-40(9,53-42)34-14-15-39(8,51-34)37-25(3)17-33(49-37)36-24(2)16-26(4)41(46,21-44)52-36/h2-5,7-9,11,14-17,29,35,40-41,57H,6,10,18-28,30-31H2,1H3,(H,55,67)(H,56,66)(H,60,69)(H,61,70)(H,72,73)(H,74,75)(H3,54,58,62,63,71);23-37,44,46H,12-22H2,1-11H3,(H,43,45)/t35?,40-,41-;23-,24-,25-,26+,27+,28+,29+,30+,31+,32+,33+,34?,35?,36+,37+,39-,40+,41-,42+/m00/s1. The fourth-order valence-electron chi connectivity index (χ4n) is 19.5. The van der Waals surface area contributed by atoms with Crippen LogP contribution in [0.5, 0.6) is 0 Å². The molecule has 0 saturated carbocycles. The predicted octanol–water partition coefficient (Wildman–Crippen LogP) is 9.95. The Hall–Kier alpha value is -8.49. The molecule has 7 aliphatic heterocycles. The van der Waals surface area contributed by atoms with Crippen molar-refractivity contribution in [2.24, 2.45) is 47.3 Å². The molecule has 722 valence electrons. The molecule has 22 atom stereocenters. The van der Waals surface area contributed by atoms with Crippen molar-refractivity contribution in [2.75, 3.05) is 78.4 Å². The highest BCUT2D eigenvalue weighted by atomic mass is 33.1. The summed E-state index contributed by atoms with van der Waals surface area (Å²) < 4.78 is 47.5. The summed E-state index contributed by atoms with van der Waals surface area (Å²) in [5, 5.41) is 57.3. The minimum Gasteiger partial charge on any atom is -0.480 e. The van der Waals surface area contributed by atoms with Crippen molar-refractivity contribution in [3.05, 3.63) is 117 Å². The van der Waals surface area contributed by atoms with E-state index in [-0.39, 0.29) is 201 Å². The molecule has 0 bridgehead atoms. The minimum atomic E-state index is -1.55. The number of anilines is 3. The Balaban J connectivity index is 0.000000271. The van der Waals surface area contributed by atoms with E-state index in [4.69, 9.17) is 38.9 Å². The van der Waals surface area contributed by atoms with Gasteiger partial charge in [-0.1, -0.05) is 112 Å². The highest BCUT2D eigenvalue weighted by Gasteiger charge is 2.65. The number of aliphatic carboxylic acids is 2. The van der Waals surface area contributed by atoms with Crippen LogP contribution < -0.4 is 48.1 Å². The number of H-pyrrole nitrogens is 1. The number of amides is 6. The van der Waals surface area contributed by atoms with Crippen LogP contribution >= 0.6 is 45.1 Å². The van der Waals surface area contributed by atoms with Crippen LogP contribution in [0.2, 0.25) is 0 Å². The number of thioether (sulfide) groups is 2. The van der Waals surface area contributed by atoms with Crippen molar-refractivity contribution in [2.45, 2.75) is 268 Å². The summed E-state index contributed by atoms with van der Waals surface area (Å²) in [4.78, 5) is 144. The molecular weight excluding hydrogens is 1770 g/mol. The molecule has 6 amide bonds. The van der Waals surface area contributed by atoms with Crippen LogP contribution in [-0.4, -0.2) is 240 Å². The number of nitrogens with one attached hydrogen (secondary N) is 7. The van der Waals surface area contributed by atoms with E-state index >= 15 is 0 Å². The van der Waals surface area contributed by atoms with Gasteiger partial charge in [0.15, 0.2) is 22.7 Å². The first-order valence-electron chi connectivity index (χ1n) is 45.9. The number of ether oxygens (including phenoxy) is 7. The molecule has 7 aliphatic rings. The number of aromatic amines is 1. The Labute approximate surface area is 788 Å². The molecule has 33 nitrogen and oxygen atoms in total. The number of carboxylic acids is 2. The third-order valence-electron chi connectivity index (χ3n) is 26.8. The van der Waals surface area contributed by atoms with Gasteiger partial charge in [0.1, 0.15) is 17.9 Å². The molecule has 2 aromatic heterocycles. The third kappa shape index (κ3) is 26.8. The van der Waals surface area contributed by atoms with Gasteiger partial charge in [-0.3, -0.25) is 43.3 Å². The fraction of sp³-hybridized carbons (Fsp3) is 0.632. The average molecular weight is 1910 g/mol. The Morgan fingerprint density at radius 2 is 1.44 bits per heavy atom. The van der Waals surface area contributed by atoms with Crippen LogP contribution in [0.3, 0.4) is 0 Å². The summed E-state index contributed by atoms with van der Waals surface area (Å²) >= 11 is 2.82. The number of rotatable bonds is 41. The number of carbonyl (C=O) groups excluding carboxylic acids is 7. The SMILES string of the molecule is CO[C@@H]1C[C@@H](C[C@H]2CC[C@H](C)C([C@@H](C)C(=O)NCSC)O2)O[C@]2(O[C@@](C)(C3CC[C@@](C)([C@@H]4O[C@@H]([C@@H]5O[C@@](O)(CO)[C@H](C)C[C@@H]5C)C[C@@H]4C)O3)C[C@H]2C)[C@@H]1C.CSC[C@H](NC(=O)C(CCCNC(=O)CCSSCCNC(=O)CCC(=O)N1Cc2ccccc2C#Cc2ccccc21)CC(=O)CC[C@H](NC(=O)c1ccc(NCc2cnc3nc(N)[nH]c(=O)c3n2)cc1)C(=O)O)C(=O)O. The van der Waals surface area contributed by atoms with Crippen molar-refractivity contribution in [3.8, 4) is 11.8 Å². The van der Waals surface area contributed by atoms with Crippen molar-refractivity contribution in [1.29, 1.82) is 0 Å². The number of hydrogen-bond donors (Lipinski definition) is 12. The minimum absolute atomic E-state index is 0.00279. The number of nitrogens with two attached hydrogens (primary N) is 1. The predicted molar refractivity (Wildman–Crippen MR) is 507 cm³/mol. The number of hydrogen-bond acceptors (Lipinski definition) is 28. The maximum atomic E-state index is 13.5. The lowest BCUT2D eigenvalue weighted by Crippen LogP contribution is -2.58. The van der Waals surface area contributed by atoms with Crippen LogP contribution in [0.25, 0.3) is 11.2 Å². The van der Waals surface area contributed by atoms with E-state index in [1.54, 1.807) is 42.2 Å². The summed E-state index contributed by atoms with van der Waals surface area (Å²) in [6.45, 7) is 20.0. The number of aliphatic hydroxyl groups is 2. The van der Waals surface area contributed by atoms with Crippen molar-refractivity contribution < 1.29 is 96.7 Å². The molecule has 13 N–H and O–H groups in total. The van der Waals surface area contributed by atoms with E-state index < -0.39 is 82.5 Å². The zero-order valence-corrected chi connectivity index (χ0v) is 80.8. The second-order valence-corrected chi connectivity index (χ2v) is 41.3. The average Bonchev–Trinajstić information content (AvgIpc) is 1.56. The van der Waals surface area contributed by atoms with Gasteiger partial charge >= 0.3 is 11.9 Å². The Morgan fingerprint density at radius 3 is 2.17 bits per heavy atom. The second-order valence-electron chi connectivity index (χ2n) is 36.8. The topological polar surface area (TPSA) is 472 Å². The smallest absolute Gasteiger partial charge is 0.327 e. The molecule has 3 aromatic carbocycles. The molecule has 9 heterocycles. The number of para-hydroxylation sites is 1. The number of ketones is 1. The van der Waals surface area contributed by atoms with E-state index in [1.807, 2.05) is 68.6 Å². The van der Waals surface area contributed by atoms with E-state index in [2.05, 4.69) is 112 Å². The molecule has 6 fully saturated rings. The number of nitrogens with zero attached hydrogens (tertiary/aromatic N) is 4. The largest absolute Gasteiger partial charge is 0.480 e. The number of fused-ring (bicyclic) bond motifs is 3. The number of Topliss-reactive ketones (excluding diaryl/α,β-unsaturated/α-hetero) is 1. The monoisotopic (exact) mass is 1900 g/mol. The number of nitrogen functional groups attached to an aromatic ring is 1. The Kier molecular flexibility index (Phi) is 37.7. The second kappa shape index (κ2) is 47.8. The summed E-state index contributed by atoms with van der Waals surface area (Å²) in [7, 11) is 4.73. The maximum absolute atomic E-state index is 13.5. The lowest BCUT2D eigenvalue weighted by molar-refractivity contribution is -0.353. The first-order valence-corrected chi connectivity index (χ1v) is 51.1. The molecule has 1 spiro atoms. The summed E-state index contributed by atoms with van der Waals surface area (Å²) in [5.41, 5.74) is 8.40. The van der Waals surface area contributed by atoms with Gasteiger partial charge < -0.3 is 96.1 Å². The molecule has 5 aromatic rings. The Morgan fingerprint density at radius 1 is 0.727 bits per heavy atom. The number of benzene rings is 3. The van der Waals surface area contributed by atoms with Gasteiger partial charge in [-0.15, -0.1) is 11.8 Å². The molecule has 132 heavy (non-hydrogen) atoms. The van der Waals surface area contributed by atoms with E-state index in [0.29, 0.717) is 53.5 Å². The van der Waals surface area contributed by atoms with Gasteiger partial charge in [0.25, 0.3) is 11.5 Å². The normalized spacial score (nSPS) is 28.7. The number of aromatic nitrogens is 4. The third-order valence-corrected chi connectivity index (χ3v) is 30.4. The van der Waals surface area contributed by atoms with Crippen molar-refractivity contribution in [3.63, 3.8) is 0 Å². The molecule has 37 heteroatoms. The lowest BCUT2D eigenvalue weighted by Gasteiger charge is -2.50. The first kappa shape index (κ1) is 104. The number of aliphatic hydroxyl groups excluding tert-OH is 1. The van der Waals surface area contributed by atoms with E-state index in [1.165, 1.54) is 51.7 Å². The molecule has 3 unspecified atom stereocenters. The molecule has 6 saturated heterocycles. The first-order chi connectivity index (χ1) is 63.0. The zero-order chi connectivity index (χ0) is 95.4. The highest BCUT2D eigenvalue weighted by Crippen LogP contribution is 2.57. The van der Waals surface area contributed by atoms with Crippen LogP contribution in [0.1, 0.15) is 204 Å². The quantitative estimate of drug-likeness (QED) is 0.00749. The van der Waals surface area contributed by atoms with Crippen molar-refractivity contribution in [1.82, 2.24) is 46.5 Å². The van der Waals surface area contributed by atoms with Crippen LogP contribution in [-0.2, 0) is 84.6 Å². The van der Waals surface area contributed by atoms with Gasteiger partial charge in [0.05, 0.1) is 109 Å². The molecule has 12 rings (SSSR count). The van der Waals surface area contributed by atoms with Crippen LogP contribution in [0.4, 0.5) is 17.3 Å². The summed E-state index contributed by atoms with van der Waals surface area (Å²) in [5.74, 6) is -0.0118. The van der Waals surface area contributed by atoms with Gasteiger partial charge in [-0.2, -0.15) is 16.7 Å². The van der Waals surface area contributed by atoms with Crippen LogP contribution in [0, 0.1) is 59.2 Å². The van der Waals surface area contributed by atoms with Crippen molar-refractivity contribution >= 4 is 127 Å². The molecule has 0 radical (unpaired) electrons. The maximum Gasteiger partial charge on any atom is 0.327 e. The number of methoxy groups -OCH3 is 1. The zero-order valence-electron chi connectivity index (χ0n) is 77.5. The highest BCUT2D eigenvalue weighted by molar-refractivity contribution is 8.76. The molecular formula is C95H132N12O21S4. The van der Waals surface area contributed by atoms with E-state index in [0.717, 1.165) is 74.5 Å².